The van der Waals surface area contributed by atoms with Crippen molar-refractivity contribution < 1.29 is 22.6 Å². The summed E-state index contributed by atoms with van der Waals surface area (Å²) in [5, 5.41) is 0. The van der Waals surface area contributed by atoms with E-state index in [1.807, 2.05) is 6.07 Å². The van der Waals surface area contributed by atoms with E-state index in [2.05, 4.69) is 4.74 Å². The van der Waals surface area contributed by atoms with E-state index in [-0.39, 0.29) is 19.1 Å². The standard InChI is InChI=1S/C12H14F3NO2/c13-12(14,15)18-4-3-8-1-2-11-9(5-8)6-10(16)7-17-11/h1-2,5,10H,3-4,6-7,16H2. The molecule has 0 bridgehead atoms. The van der Waals surface area contributed by atoms with Crippen LogP contribution in [-0.4, -0.2) is 25.6 Å². The Labute approximate surface area is 103 Å². The molecule has 1 atom stereocenters. The predicted octanol–water partition coefficient (Wildman–Crippen LogP) is 2.03. The van der Waals surface area contributed by atoms with Gasteiger partial charge in [0, 0.05) is 6.04 Å². The molecule has 0 radical (unpaired) electrons. The van der Waals surface area contributed by atoms with E-state index >= 15 is 0 Å². The quantitative estimate of drug-likeness (QED) is 0.905. The summed E-state index contributed by atoms with van der Waals surface area (Å²) < 4.78 is 44.6. The summed E-state index contributed by atoms with van der Waals surface area (Å²) >= 11 is 0. The van der Waals surface area contributed by atoms with E-state index in [4.69, 9.17) is 10.5 Å². The van der Waals surface area contributed by atoms with Crippen molar-refractivity contribution in [2.24, 2.45) is 5.73 Å². The van der Waals surface area contributed by atoms with Crippen molar-refractivity contribution >= 4 is 0 Å². The SMILES string of the molecule is NC1COc2ccc(CCOC(F)(F)F)cc2C1. The molecular formula is C12H14F3NO2. The molecule has 1 heterocycles. The second kappa shape index (κ2) is 5.16. The lowest BCUT2D eigenvalue weighted by molar-refractivity contribution is -0.324. The fraction of sp³-hybridized carbons (Fsp3) is 0.500. The van der Waals surface area contributed by atoms with Gasteiger partial charge in [-0.2, -0.15) is 0 Å². The van der Waals surface area contributed by atoms with Crippen LogP contribution in [0.25, 0.3) is 0 Å². The number of rotatable bonds is 3. The molecule has 1 aliphatic rings. The number of ether oxygens (including phenoxy) is 2. The minimum absolute atomic E-state index is 0.0563. The third kappa shape index (κ3) is 3.61. The number of halogens is 3. The highest BCUT2D eigenvalue weighted by Gasteiger charge is 2.28. The van der Waals surface area contributed by atoms with Crippen LogP contribution in [0.2, 0.25) is 0 Å². The van der Waals surface area contributed by atoms with Gasteiger partial charge in [-0.1, -0.05) is 12.1 Å². The van der Waals surface area contributed by atoms with Gasteiger partial charge in [0.1, 0.15) is 12.4 Å². The molecule has 0 fully saturated rings. The first-order valence-corrected chi connectivity index (χ1v) is 5.65. The lowest BCUT2D eigenvalue weighted by Crippen LogP contribution is -2.33. The molecule has 1 aromatic rings. The topological polar surface area (TPSA) is 44.5 Å². The molecule has 0 saturated carbocycles. The summed E-state index contributed by atoms with van der Waals surface area (Å²) in [7, 11) is 0. The summed E-state index contributed by atoms with van der Waals surface area (Å²) in [6.45, 7) is 0.0960. The highest BCUT2D eigenvalue weighted by Crippen LogP contribution is 2.25. The first-order chi connectivity index (χ1) is 8.44. The highest BCUT2D eigenvalue weighted by molar-refractivity contribution is 5.39. The predicted molar refractivity (Wildman–Crippen MR) is 59.3 cm³/mol. The first-order valence-electron chi connectivity index (χ1n) is 5.65. The molecule has 2 rings (SSSR count). The van der Waals surface area contributed by atoms with Gasteiger partial charge >= 0.3 is 6.36 Å². The van der Waals surface area contributed by atoms with E-state index in [0.717, 1.165) is 16.9 Å². The van der Waals surface area contributed by atoms with Crippen LogP contribution in [-0.2, 0) is 17.6 Å². The summed E-state index contributed by atoms with van der Waals surface area (Å²) in [6.07, 6.45) is -3.68. The molecule has 1 unspecified atom stereocenters. The second-order valence-corrected chi connectivity index (χ2v) is 4.26. The van der Waals surface area contributed by atoms with Crippen LogP contribution in [0.15, 0.2) is 18.2 Å². The van der Waals surface area contributed by atoms with Crippen molar-refractivity contribution in [1.29, 1.82) is 0 Å². The maximum atomic E-state index is 11.8. The van der Waals surface area contributed by atoms with Gasteiger partial charge in [0.2, 0.25) is 0 Å². The third-order valence-electron chi connectivity index (χ3n) is 2.72. The van der Waals surface area contributed by atoms with Gasteiger partial charge in [0.25, 0.3) is 0 Å². The Morgan fingerprint density at radius 3 is 2.89 bits per heavy atom. The number of benzene rings is 1. The van der Waals surface area contributed by atoms with Crippen molar-refractivity contribution in [3.8, 4) is 5.75 Å². The Morgan fingerprint density at radius 1 is 1.39 bits per heavy atom. The van der Waals surface area contributed by atoms with Crippen LogP contribution >= 0.6 is 0 Å². The fourth-order valence-corrected chi connectivity index (χ4v) is 1.91. The highest BCUT2D eigenvalue weighted by atomic mass is 19.4. The number of fused-ring (bicyclic) bond motifs is 1. The summed E-state index contributed by atoms with van der Waals surface area (Å²) in [6, 6.07) is 5.28. The van der Waals surface area contributed by atoms with Crippen molar-refractivity contribution in [1.82, 2.24) is 0 Å². The Kier molecular flexibility index (Phi) is 3.77. The van der Waals surface area contributed by atoms with Crippen LogP contribution in [0.4, 0.5) is 13.2 Å². The van der Waals surface area contributed by atoms with Crippen molar-refractivity contribution in [2.45, 2.75) is 25.2 Å². The van der Waals surface area contributed by atoms with Gasteiger partial charge in [0.05, 0.1) is 6.61 Å². The van der Waals surface area contributed by atoms with Crippen LogP contribution in [0, 0.1) is 0 Å². The van der Waals surface area contributed by atoms with Gasteiger partial charge in [-0.05, 0) is 30.0 Å². The maximum Gasteiger partial charge on any atom is 0.522 e. The molecule has 1 aromatic carbocycles. The molecule has 18 heavy (non-hydrogen) atoms. The van der Waals surface area contributed by atoms with Gasteiger partial charge in [-0.15, -0.1) is 13.2 Å². The smallest absolute Gasteiger partial charge is 0.492 e. The summed E-state index contributed by atoms with van der Waals surface area (Å²) in [5.74, 6) is 0.761. The van der Waals surface area contributed by atoms with Crippen LogP contribution in [0.5, 0.6) is 5.75 Å². The van der Waals surface area contributed by atoms with Crippen molar-refractivity contribution in [2.75, 3.05) is 13.2 Å². The molecule has 2 N–H and O–H groups in total. The lowest BCUT2D eigenvalue weighted by Gasteiger charge is -2.22. The van der Waals surface area contributed by atoms with Crippen LogP contribution in [0.3, 0.4) is 0 Å². The first kappa shape index (κ1) is 13.2. The maximum absolute atomic E-state index is 11.8. The largest absolute Gasteiger partial charge is 0.522 e. The minimum Gasteiger partial charge on any atom is -0.492 e. The average molecular weight is 261 g/mol. The number of hydrogen-bond donors (Lipinski definition) is 1. The number of hydrogen-bond acceptors (Lipinski definition) is 3. The van der Waals surface area contributed by atoms with Gasteiger partial charge in [-0.25, -0.2) is 0 Å². The molecule has 6 heteroatoms. The van der Waals surface area contributed by atoms with Gasteiger partial charge in [-0.3, -0.25) is 4.74 Å². The Hall–Kier alpha value is -1.27. The lowest BCUT2D eigenvalue weighted by atomic mass is 10.00. The number of nitrogens with two attached hydrogens (primary N) is 1. The molecule has 100 valence electrons. The average Bonchev–Trinajstić information content (AvgIpc) is 2.26. The van der Waals surface area contributed by atoms with E-state index in [9.17, 15) is 13.2 Å². The fourth-order valence-electron chi connectivity index (χ4n) is 1.91. The molecule has 3 nitrogen and oxygen atoms in total. The summed E-state index contributed by atoms with van der Waals surface area (Å²) in [5.41, 5.74) is 7.49. The van der Waals surface area contributed by atoms with Crippen LogP contribution in [0.1, 0.15) is 11.1 Å². The third-order valence-corrected chi connectivity index (χ3v) is 2.72. The van der Waals surface area contributed by atoms with Gasteiger partial charge in [0.15, 0.2) is 0 Å². The second-order valence-electron chi connectivity index (χ2n) is 4.26. The zero-order valence-electron chi connectivity index (χ0n) is 9.67. The number of alkyl halides is 3. The van der Waals surface area contributed by atoms with Gasteiger partial charge < -0.3 is 10.5 Å². The van der Waals surface area contributed by atoms with E-state index in [1.54, 1.807) is 12.1 Å². The Bertz CT molecular complexity index is 420. The van der Waals surface area contributed by atoms with E-state index < -0.39 is 6.36 Å². The zero-order chi connectivity index (χ0) is 13.2. The monoisotopic (exact) mass is 261 g/mol. The molecular weight excluding hydrogens is 247 g/mol. The Balaban J connectivity index is 1.96. The van der Waals surface area contributed by atoms with Crippen LogP contribution < -0.4 is 10.5 Å². The molecule has 0 saturated heterocycles. The molecule has 0 spiro atoms. The molecule has 0 aromatic heterocycles. The van der Waals surface area contributed by atoms with Crippen molar-refractivity contribution in [3.63, 3.8) is 0 Å². The Morgan fingerprint density at radius 2 is 2.17 bits per heavy atom. The molecule has 0 amide bonds. The summed E-state index contributed by atoms with van der Waals surface area (Å²) in [4.78, 5) is 0. The molecule has 1 aliphatic heterocycles. The van der Waals surface area contributed by atoms with Crippen molar-refractivity contribution in [3.05, 3.63) is 29.3 Å². The minimum atomic E-state index is -4.57. The zero-order valence-corrected chi connectivity index (χ0v) is 9.67. The normalized spacial score (nSPS) is 19.2. The molecule has 0 aliphatic carbocycles. The van der Waals surface area contributed by atoms with E-state index in [1.165, 1.54) is 0 Å². The van der Waals surface area contributed by atoms with E-state index in [0.29, 0.717) is 13.0 Å².